The molecule has 1 unspecified atom stereocenters. The summed E-state index contributed by atoms with van der Waals surface area (Å²) in [7, 11) is 0. The molecule has 0 fully saturated rings. The second kappa shape index (κ2) is 15.1. The molecule has 0 aliphatic carbocycles. The predicted molar refractivity (Wildman–Crippen MR) is 165 cm³/mol. The average molecular weight is 571 g/mol. The normalized spacial score (nSPS) is 11.8. The number of benzene rings is 3. The van der Waals surface area contributed by atoms with Crippen molar-refractivity contribution in [3.63, 3.8) is 0 Å². The zero-order chi connectivity index (χ0) is 29.0. The molecule has 3 aromatic carbocycles. The maximum atomic E-state index is 13.4. The molecule has 214 valence electrons. The Morgan fingerprint density at radius 2 is 1.63 bits per heavy atom. The predicted octanol–water partition coefficient (Wildman–Crippen LogP) is 5.20. The van der Waals surface area contributed by atoms with Crippen LogP contribution in [0.2, 0.25) is 0 Å². The molecule has 0 spiro atoms. The van der Waals surface area contributed by atoms with Crippen LogP contribution in [0.1, 0.15) is 37.8 Å². The minimum atomic E-state index is -0.135. The fourth-order valence-electron chi connectivity index (χ4n) is 4.86. The first-order valence-electron chi connectivity index (χ1n) is 14.1. The van der Waals surface area contributed by atoms with E-state index in [2.05, 4.69) is 64.5 Å². The third-order valence-corrected chi connectivity index (χ3v) is 7.46. The number of carbonyl (C=O) groups is 2. The highest BCUT2D eigenvalue weighted by Crippen LogP contribution is 2.30. The first-order chi connectivity index (χ1) is 19.9. The molecule has 0 aliphatic rings. The van der Waals surface area contributed by atoms with E-state index < -0.39 is 0 Å². The largest absolute Gasteiger partial charge is 0.354 e. The molecule has 0 aliphatic heterocycles. The van der Waals surface area contributed by atoms with Crippen LogP contribution in [0.4, 0.5) is 0 Å². The summed E-state index contributed by atoms with van der Waals surface area (Å²) in [5, 5.41) is 17.3. The summed E-state index contributed by atoms with van der Waals surface area (Å²) in [5.74, 6) is 1.45. The van der Waals surface area contributed by atoms with Gasteiger partial charge in [0.1, 0.15) is 0 Å². The van der Waals surface area contributed by atoms with Crippen LogP contribution >= 0.6 is 12.6 Å². The van der Waals surface area contributed by atoms with Crippen LogP contribution in [0.3, 0.4) is 0 Å². The third-order valence-electron chi connectivity index (χ3n) is 7.02. The quantitative estimate of drug-likeness (QED) is 0.181. The van der Waals surface area contributed by atoms with E-state index in [1.165, 1.54) is 0 Å². The van der Waals surface area contributed by atoms with Gasteiger partial charge in [0, 0.05) is 43.3 Å². The van der Waals surface area contributed by atoms with E-state index in [-0.39, 0.29) is 17.7 Å². The number of amides is 2. The second-order valence-electron chi connectivity index (χ2n) is 10.6. The monoisotopic (exact) mass is 570 g/mol. The number of thiol groups is 1. The Labute approximate surface area is 247 Å². The van der Waals surface area contributed by atoms with E-state index in [9.17, 15) is 9.59 Å². The number of aromatic nitrogens is 4. The van der Waals surface area contributed by atoms with E-state index in [0.717, 1.165) is 34.2 Å². The summed E-state index contributed by atoms with van der Waals surface area (Å²) in [4.78, 5) is 28.0. The molecule has 9 heteroatoms. The van der Waals surface area contributed by atoms with Crippen LogP contribution in [-0.4, -0.2) is 56.2 Å². The number of hydrogen-bond acceptors (Lipinski definition) is 6. The molecule has 0 saturated carbocycles. The lowest BCUT2D eigenvalue weighted by Gasteiger charge is -2.24. The molecule has 0 saturated heterocycles. The van der Waals surface area contributed by atoms with Crippen molar-refractivity contribution >= 4 is 24.4 Å². The van der Waals surface area contributed by atoms with Gasteiger partial charge in [-0.1, -0.05) is 92.7 Å². The highest BCUT2D eigenvalue weighted by Gasteiger charge is 2.20. The third kappa shape index (κ3) is 8.75. The van der Waals surface area contributed by atoms with Gasteiger partial charge in [-0.2, -0.15) is 12.6 Å². The van der Waals surface area contributed by atoms with Gasteiger partial charge in [-0.25, -0.2) is 5.10 Å². The minimum absolute atomic E-state index is 0.00430. The molecule has 0 bridgehead atoms. The highest BCUT2D eigenvalue weighted by atomic mass is 32.1. The smallest absolute Gasteiger partial charge is 0.224 e. The van der Waals surface area contributed by atoms with Gasteiger partial charge < -0.3 is 10.2 Å². The van der Waals surface area contributed by atoms with E-state index in [4.69, 9.17) is 0 Å². The highest BCUT2D eigenvalue weighted by molar-refractivity contribution is 7.80. The Balaban J connectivity index is 1.45. The van der Waals surface area contributed by atoms with Crippen LogP contribution in [0, 0.1) is 11.8 Å². The first-order valence-corrected chi connectivity index (χ1v) is 14.7. The van der Waals surface area contributed by atoms with E-state index >= 15 is 0 Å². The Kier molecular flexibility index (Phi) is 11.1. The maximum Gasteiger partial charge on any atom is 0.224 e. The summed E-state index contributed by atoms with van der Waals surface area (Å²) >= 11 is 4.37. The maximum absolute atomic E-state index is 13.4. The van der Waals surface area contributed by atoms with Crippen molar-refractivity contribution in [1.82, 2.24) is 30.8 Å². The number of nitrogens with zero attached hydrogens (tertiary/aromatic N) is 4. The molecular formula is C32H38N6O2S. The van der Waals surface area contributed by atoms with Gasteiger partial charge in [0.05, 0.1) is 0 Å². The first kappa shape index (κ1) is 30.0. The number of H-pyrrole nitrogens is 1. The van der Waals surface area contributed by atoms with Crippen molar-refractivity contribution < 1.29 is 9.59 Å². The van der Waals surface area contributed by atoms with Crippen molar-refractivity contribution in [3.8, 4) is 22.5 Å². The van der Waals surface area contributed by atoms with Gasteiger partial charge in [-0.3, -0.25) is 9.59 Å². The summed E-state index contributed by atoms with van der Waals surface area (Å²) in [6.07, 6.45) is 1.86. The number of tetrazole rings is 1. The van der Waals surface area contributed by atoms with Crippen LogP contribution in [-0.2, 0) is 22.6 Å². The summed E-state index contributed by atoms with van der Waals surface area (Å²) in [5.41, 5.74) is 5.09. The van der Waals surface area contributed by atoms with Gasteiger partial charge >= 0.3 is 0 Å². The van der Waals surface area contributed by atoms with Crippen molar-refractivity contribution in [1.29, 1.82) is 0 Å². The van der Waals surface area contributed by atoms with E-state index in [1.54, 1.807) is 0 Å². The molecule has 1 heterocycles. The molecule has 4 aromatic rings. The Hall–Kier alpha value is -3.98. The Morgan fingerprint density at radius 1 is 0.927 bits per heavy atom. The number of rotatable bonds is 14. The lowest BCUT2D eigenvalue weighted by Crippen LogP contribution is -2.40. The number of aromatic amines is 1. The second-order valence-corrected chi connectivity index (χ2v) is 11.0. The molecule has 1 atom stereocenters. The van der Waals surface area contributed by atoms with Crippen LogP contribution < -0.4 is 5.32 Å². The summed E-state index contributed by atoms with van der Waals surface area (Å²) in [6.45, 7) is 5.50. The summed E-state index contributed by atoms with van der Waals surface area (Å²) in [6, 6.07) is 26.2. The Morgan fingerprint density at radius 3 is 2.29 bits per heavy atom. The van der Waals surface area contributed by atoms with Gasteiger partial charge in [0.15, 0.2) is 5.82 Å². The van der Waals surface area contributed by atoms with Crippen LogP contribution in [0.25, 0.3) is 22.5 Å². The van der Waals surface area contributed by atoms with Gasteiger partial charge in [-0.15, -0.1) is 5.10 Å². The molecular weight excluding hydrogens is 532 g/mol. The zero-order valence-corrected chi connectivity index (χ0v) is 24.6. The van der Waals surface area contributed by atoms with Crippen molar-refractivity contribution in [2.75, 3.05) is 18.8 Å². The van der Waals surface area contributed by atoms with Crippen molar-refractivity contribution in [3.05, 3.63) is 90.0 Å². The molecule has 0 radical (unpaired) electrons. The van der Waals surface area contributed by atoms with E-state index in [0.29, 0.717) is 50.0 Å². The van der Waals surface area contributed by atoms with Crippen molar-refractivity contribution in [2.24, 2.45) is 11.8 Å². The lowest BCUT2D eigenvalue weighted by molar-refractivity contribution is -0.132. The molecule has 41 heavy (non-hydrogen) atoms. The molecule has 1 aromatic heterocycles. The molecule has 2 amide bonds. The molecule has 2 N–H and O–H groups in total. The van der Waals surface area contributed by atoms with Gasteiger partial charge in [0.2, 0.25) is 11.8 Å². The SMILES string of the molecule is CC(C)CC(CS)C(=O)NCCN(Cc1ccc(-c2ccccc2-c2nnn[nH]2)cc1)C(=O)CCc1ccccc1. The van der Waals surface area contributed by atoms with Crippen LogP contribution in [0.5, 0.6) is 0 Å². The standard InChI is InChI=1S/C32H38N6O2S/c1-23(2)20-27(22-41)32(40)33-18-19-38(30(39)17-14-24-8-4-3-5-9-24)21-25-12-15-26(16-13-25)28-10-6-7-11-29(28)31-34-36-37-35-31/h3-13,15-16,23,27,41H,14,17-22H2,1-2H3,(H,33,40)(H,34,35,36,37). The van der Waals surface area contributed by atoms with Crippen LogP contribution in [0.15, 0.2) is 78.9 Å². The van der Waals surface area contributed by atoms with E-state index in [1.807, 2.05) is 71.6 Å². The number of aryl methyl sites for hydroxylation is 1. The zero-order valence-electron chi connectivity index (χ0n) is 23.7. The summed E-state index contributed by atoms with van der Waals surface area (Å²) < 4.78 is 0. The average Bonchev–Trinajstić information content (AvgIpc) is 3.54. The number of nitrogens with one attached hydrogen (secondary N) is 2. The Bertz CT molecular complexity index is 1380. The number of hydrogen-bond donors (Lipinski definition) is 3. The fourth-order valence-corrected chi connectivity index (χ4v) is 5.18. The molecule has 4 rings (SSSR count). The van der Waals surface area contributed by atoms with Gasteiger partial charge in [0.25, 0.3) is 0 Å². The fraction of sp³-hybridized carbons (Fsp3) is 0.344. The minimum Gasteiger partial charge on any atom is -0.354 e. The number of carbonyl (C=O) groups excluding carboxylic acids is 2. The van der Waals surface area contributed by atoms with Crippen molar-refractivity contribution in [2.45, 2.75) is 39.7 Å². The van der Waals surface area contributed by atoms with Gasteiger partial charge in [-0.05, 0) is 51.4 Å². The lowest BCUT2D eigenvalue weighted by atomic mass is 9.98. The topological polar surface area (TPSA) is 104 Å². The molecule has 8 nitrogen and oxygen atoms in total.